The molecular weight excluding hydrogens is 318 g/mol. The Kier molecular flexibility index (Phi) is 3.99. The van der Waals surface area contributed by atoms with E-state index in [1.807, 2.05) is 37.3 Å². The maximum Gasteiger partial charge on any atom is 0.228 e. The number of aromatic nitrogens is 6. The molecule has 1 N–H and O–H groups in total. The van der Waals surface area contributed by atoms with Gasteiger partial charge in [-0.1, -0.05) is 11.2 Å². The van der Waals surface area contributed by atoms with Gasteiger partial charge in [0.1, 0.15) is 17.3 Å². The first-order valence-electron chi connectivity index (χ1n) is 7.87. The number of nitrogens with zero attached hydrogens (tertiary/aromatic N) is 6. The summed E-state index contributed by atoms with van der Waals surface area (Å²) >= 11 is 0. The second-order valence-corrected chi connectivity index (χ2v) is 5.40. The molecule has 0 saturated heterocycles. The normalized spacial score (nSPS) is 10.9. The second kappa shape index (κ2) is 6.60. The summed E-state index contributed by atoms with van der Waals surface area (Å²) in [5, 5.41) is 8.14. The zero-order valence-corrected chi connectivity index (χ0v) is 13.5. The van der Waals surface area contributed by atoms with Crippen LogP contribution in [0.25, 0.3) is 22.6 Å². The van der Waals surface area contributed by atoms with E-state index >= 15 is 0 Å². The van der Waals surface area contributed by atoms with Crippen molar-refractivity contribution in [2.45, 2.75) is 13.3 Å². The molecule has 0 unspecified atom stereocenters. The Morgan fingerprint density at radius 2 is 1.92 bits per heavy atom. The number of fused-ring (bicyclic) bond motifs is 1. The van der Waals surface area contributed by atoms with Gasteiger partial charge < -0.3 is 9.84 Å². The van der Waals surface area contributed by atoms with Gasteiger partial charge in [-0.3, -0.25) is 4.98 Å². The molecule has 4 aromatic rings. The zero-order chi connectivity index (χ0) is 17.1. The van der Waals surface area contributed by atoms with Gasteiger partial charge in [0.15, 0.2) is 5.65 Å². The minimum Gasteiger partial charge on any atom is -0.369 e. The van der Waals surface area contributed by atoms with Crippen LogP contribution >= 0.6 is 0 Å². The third-order valence-electron chi connectivity index (χ3n) is 3.58. The first-order chi connectivity index (χ1) is 12.3. The lowest BCUT2D eigenvalue weighted by Gasteiger charge is -2.07. The molecule has 0 aromatic carbocycles. The van der Waals surface area contributed by atoms with Crippen molar-refractivity contribution >= 4 is 16.9 Å². The highest BCUT2D eigenvalue weighted by Gasteiger charge is 2.10. The van der Waals surface area contributed by atoms with Gasteiger partial charge in [0.2, 0.25) is 11.7 Å². The lowest BCUT2D eigenvalue weighted by molar-refractivity contribution is 0.381. The summed E-state index contributed by atoms with van der Waals surface area (Å²) in [6, 6.07) is 9.38. The van der Waals surface area contributed by atoms with Gasteiger partial charge in [-0.2, -0.15) is 4.98 Å². The highest BCUT2D eigenvalue weighted by molar-refractivity contribution is 5.86. The summed E-state index contributed by atoms with van der Waals surface area (Å²) < 4.78 is 5.28. The molecule has 0 aliphatic rings. The van der Waals surface area contributed by atoms with Crippen molar-refractivity contribution in [2.75, 3.05) is 11.9 Å². The van der Waals surface area contributed by atoms with Crippen LogP contribution < -0.4 is 5.32 Å². The van der Waals surface area contributed by atoms with Crippen LogP contribution in [0.3, 0.4) is 0 Å². The molecule has 8 nitrogen and oxygen atoms in total. The Morgan fingerprint density at radius 3 is 2.80 bits per heavy atom. The smallest absolute Gasteiger partial charge is 0.228 e. The first-order valence-corrected chi connectivity index (χ1v) is 7.87. The first kappa shape index (κ1) is 15.1. The van der Waals surface area contributed by atoms with Crippen molar-refractivity contribution in [2.24, 2.45) is 0 Å². The van der Waals surface area contributed by atoms with Crippen LogP contribution in [0.4, 0.5) is 5.82 Å². The van der Waals surface area contributed by atoms with Gasteiger partial charge in [0.05, 0.1) is 5.39 Å². The highest BCUT2D eigenvalue weighted by Crippen LogP contribution is 2.18. The van der Waals surface area contributed by atoms with Crippen molar-refractivity contribution < 1.29 is 4.52 Å². The molecule has 0 atom stereocenters. The van der Waals surface area contributed by atoms with Gasteiger partial charge >= 0.3 is 0 Å². The highest BCUT2D eigenvalue weighted by atomic mass is 16.5. The quantitative estimate of drug-likeness (QED) is 0.594. The molecule has 4 aromatic heterocycles. The summed E-state index contributed by atoms with van der Waals surface area (Å²) in [7, 11) is 0. The molecule has 0 amide bonds. The van der Waals surface area contributed by atoms with Crippen molar-refractivity contribution in [3.63, 3.8) is 0 Å². The fraction of sp³-hybridized carbons (Fsp3) is 0.176. The largest absolute Gasteiger partial charge is 0.369 e. The fourth-order valence-corrected chi connectivity index (χ4v) is 2.45. The number of hydrogen-bond donors (Lipinski definition) is 1. The molecule has 124 valence electrons. The average Bonchev–Trinajstić information content (AvgIpc) is 3.11. The molecule has 0 aliphatic carbocycles. The van der Waals surface area contributed by atoms with Crippen LogP contribution in [0.5, 0.6) is 0 Å². The van der Waals surface area contributed by atoms with E-state index in [9.17, 15) is 0 Å². The van der Waals surface area contributed by atoms with E-state index in [2.05, 4.69) is 35.4 Å². The Morgan fingerprint density at radius 1 is 1.00 bits per heavy atom. The Hall–Kier alpha value is -3.42. The molecule has 0 fully saturated rings. The molecule has 0 radical (unpaired) electrons. The minimum atomic E-state index is 0.489. The van der Waals surface area contributed by atoms with Gasteiger partial charge in [0.25, 0.3) is 0 Å². The molecule has 0 bridgehead atoms. The third kappa shape index (κ3) is 3.27. The summed E-state index contributed by atoms with van der Waals surface area (Å²) in [4.78, 5) is 21.6. The van der Waals surface area contributed by atoms with Crippen LogP contribution in [0.1, 0.15) is 11.7 Å². The lowest BCUT2D eigenvalue weighted by atomic mass is 10.3. The predicted molar refractivity (Wildman–Crippen MR) is 91.8 cm³/mol. The minimum absolute atomic E-state index is 0.489. The fourth-order valence-electron chi connectivity index (χ4n) is 2.45. The molecule has 0 spiro atoms. The zero-order valence-electron chi connectivity index (χ0n) is 13.5. The number of aryl methyl sites for hydroxylation is 1. The predicted octanol–water partition coefficient (Wildman–Crippen LogP) is 2.43. The Bertz CT molecular complexity index is 1000. The molecule has 4 rings (SSSR count). The van der Waals surface area contributed by atoms with Gasteiger partial charge in [-0.15, -0.1) is 0 Å². The second-order valence-electron chi connectivity index (χ2n) is 5.40. The van der Waals surface area contributed by atoms with Crippen LogP contribution in [0.2, 0.25) is 0 Å². The molecule has 0 aliphatic heterocycles. The van der Waals surface area contributed by atoms with E-state index < -0.39 is 0 Å². The topological polar surface area (TPSA) is 103 Å². The van der Waals surface area contributed by atoms with E-state index in [0.717, 1.165) is 11.2 Å². The molecule has 4 heterocycles. The summed E-state index contributed by atoms with van der Waals surface area (Å²) in [6.07, 6.45) is 3.99. The van der Waals surface area contributed by atoms with Crippen LogP contribution in [0, 0.1) is 6.92 Å². The number of anilines is 1. The van der Waals surface area contributed by atoms with Crippen LogP contribution in [0.15, 0.2) is 47.2 Å². The van der Waals surface area contributed by atoms with E-state index in [-0.39, 0.29) is 0 Å². The van der Waals surface area contributed by atoms with Crippen LogP contribution in [-0.2, 0) is 6.42 Å². The molecule has 25 heavy (non-hydrogen) atoms. The van der Waals surface area contributed by atoms with E-state index in [1.54, 1.807) is 12.4 Å². The molecular formula is C17H15N7O. The maximum atomic E-state index is 5.28. The average molecular weight is 333 g/mol. The number of hydrogen-bond acceptors (Lipinski definition) is 8. The number of rotatable bonds is 5. The van der Waals surface area contributed by atoms with Gasteiger partial charge in [-0.05, 0) is 31.2 Å². The van der Waals surface area contributed by atoms with Crippen molar-refractivity contribution in [3.05, 3.63) is 54.4 Å². The molecule has 0 saturated carbocycles. The summed E-state index contributed by atoms with van der Waals surface area (Å²) in [5.41, 5.74) is 1.36. The number of pyridine rings is 2. The SMILES string of the molecule is Cc1nc(NCCc2nc(-c3ccccn3)no2)c2cccnc2n1. The maximum absolute atomic E-state index is 5.28. The van der Waals surface area contributed by atoms with E-state index in [1.165, 1.54) is 0 Å². The standard InChI is InChI=1S/C17H15N7O/c1-11-21-15-12(5-4-9-19-15)16(22-11)20-10-7-14-23-17(24-25-14)13-6-2-3-8-18-13/h2-6,8-9H,7,10H2,1H3,(H,19,20,21,22). The lowest BCUT2D eigenvalue weighted by Crippen LogP contribution is -2.08. The summed E-state index contributed by atoms with van der Waals surface area (Å²) in [6.45, 7) is 2.45. The van der Waals surface area contributed by atoms with Crippen LogP contribution in [-0.4, -0.2) is 36.6 Å². The Labute approximate surface area is 143 Å². The van der Waals surface area contributed by atoms with Gasteiger partial charge in [0, 0.05) is 25.4 Å². The summed E-state index contributed by atoms with van der Waals surface area (Å²) in [5.74, 6) is 2.45. The van der Waals surface area contributed by atoms with Crippen molar-refractivity contribution in [1.82, 2.24) is 30.1 Å². The third-order valence-corrected chi connectivity index (χ3v) is 3.58. The van der Waals surface area contributed by atoms with E-state index in [0.29, 0.717) is 41.8 Å². The molecule has 8 heteroatoms. The van der Waals surface area contributed by atoms with E-state index in [4.69, 9.17) is 4.52 Å². The monoisotopic (exact) mass is 333 g/mol. The Balaban J connectivity index is 1.46. The number of nitrogens with one attached hydrogen (secondary N) is 1. The van der Waals surface area contributed by atoms with Gasteiger partial charge in [-0.25, -0.2) is 15.0 Å². The van der Waals surface area contributed by atoms with Crippen molar-refractivity contribution in [1.29, 1.82) is 0 Å². The van der Waals surface area contributed by atoms with Crippen molar-refractivity contribution in [3.8, 4) is 11.5 Å².